The normalized spacial score (nSPS) is 26.7. The Morgan fingerprint density at radius 1 is 1.16 bits per heavy atom. The minimum Gasteiger partial charge on any atom is -0.454 e. The zero-order valence-electron chi connectivity index (χ0n) is 13.2. The molecule has 11 heteroatoms. The molecular formula is C14H18F6INO3. The Balaban J connectivity index is 2.42. The molecule has 0 aromatic rings. The van der Waals surface area contributed by atoms with E-state index >= 15 is 0 Å². The van der Waals surface area contributed by atoms with Crippen molar-refractivity contribution in [1.29, 1.82) is 0 Å². The lowest BCUT2D eigenvalue weighted by Crippen LogP contribution is -2.72. The lowest BCUT2D eigenvalue weighted by atomic mass is 9.79. The molecule has 25 heavy (non-hydrogen) atoms. The Morgan fingerprint density at radius 3 is 1.92 bits per heavy atom. The van der Waals surface area contributed by atoms with Gasteiger partial charge in [-0.1, -0.05) is 22.6 Å². The summed E-state index contributed by atoms with van der Waals surface area (Å²) in [6, 6.07) is -0.413. The number of esters is 1. The molecule has 2 atom stereocenters. The smallest absolute Gasteiger partial charge is 0.430 e. The van der Waals surface area contributed by atoms with Crippen molar-refractivity contribution in [2.45, 2.75) is 72.0 Å². The van der Waals surface area contributed by atoms with E-state index in [0.29, 0.717) is 13.0 Å². The fourth-order valence-corrected chi connectivity index (χ4v) is 3.97. The molecule has 0 aromatic carbocycles. The van der Waals surface area contributed by atoms with Crippen LogP contribution in [0.4, 0.5) is 26.3 Å². The number of rotatable bonds is 4. The molecule has 0 amide bonds. The first-order valence-electron chi connectivity index (χ1n) is 7.71. The van der Waals surface area contributed by atoms with Gasteiger partial charge in [-0.3, -0.25) is 4.79 Å². The average molecular weight is 489 g/mol. The van der Waals surface area contributed by atoms with E-state index in [1.165, 1.54) is 6.92 Å². The lowest BCUT2D eigenvalue weighted by Gasteiger charge is -2.47. The van der Waals surface area contributed by atoms with E-state index in [4.69, 9.17) is 4.74 Å². The summed E-state index contributed by atoms with van der Waals surface area (Å²) in [6.07, 6.45) is -13.0. The molecule has 1 saturated carbocycles. The average Bonchev–Trinajstić information content (AvgIpc) is 2.82. The van der Waals surface area contributed by atoms with Gasteiger partial charge in [0.15, 0.2) is 5.60 Å². The van der Waals surface area contributed by atoms with Gasteiger partial charge < -0.3 is 15.2 Å². The molecule has 4 nitrogen and oxygen atoms in total. The SMILES string of the molecule is CC(I)(C(=O)OC1(C(O)(C(F)(F)F)C(F)(F)F)CCCC1)C1CCN1. The quantitative estimate of drug-likeness (QED) is 0.276. The molecule has 0 spiro atoms. The van der Waals surface area contributed by atoms with Crippen LogP contribution >= 0.6 is 22.6 Å². The lowest BCUT2D eigenvalue weighted by molar-refractivity contribution is -0.412. The second-order valence-corrected chi connectivity index (χ2v) is 8.91. The molecule has 1 heterocycles. The molecule has 0 bridgehead atoms. The van der Waals surface area contributed by atoms with Crippen LogP contribution in [0, 0.1) is 0 Å². The highest BCUT2D eigenvalue weighted by Crippen LogP contribution is 2.56. The van der Waals surface area contributed by atoms with Crippen molar-refractivity contribution >= 4 is 28.6 Å². The maximum atomic E-state index is 13.3. The van der Waals surface area contributed by atoms with E-state index in [9.17, 15) is 36.2 Å². The first-order valence-corrected chi connectivity index (χ1v) is 8.78. The minimum absolute atomic E-state index is 0.0125. The molecule has 1 saturated heterocycles. The highest BCUT2D eigenvalue weighted by atomic mass is 127. The number of hydrogen-bond donors (Lipinski definition) is 2. The van der Waals surface area contributed by atoms with Gasteiger partial charge in [-0.15, -0.1) is 0 Å². The molecule has 2 unspecified atom stereocenters. The highest BCUT2D eigenvalue weighted by molar-refractivity contribution is 14.1. The number of carbonyl (C=O) groups excluding carboxylic acids is 1. The minimum atomic E-state index is -6.04. The number of hydrogen-bond acceptors (Lipinski definition) is 4. The van der Waals surface area contributed by atoms with Crippen molar-refractivity contribution in [3.8, 4) is 0 Å². The molecule has 1 aliphatic carbocycles. The van der Waals surface area contributed by atoms with Crippen LogP contribution in [0.2, 0.25) is 0 Å². The van der Waals surface area contributed by atoms with Crippen LogP contribution in [0.1, 0.15) is 39.0 Å². The van der Waals surface area contributed by atoms with Gasteiger partial charge in [0.2, 0.25) is 0 Å². The van der Waals surface area contributed by atoms with Crippen molar-refractivity contribution in [2.75, 3.05) is 6.54 Å². The van der Waals surface area contributed by atoms with Gasteiger partial charge in [-0.2, -0.15) is 26.3 Å². The largest absolute Gasteiger partial charge is 0.454 e. The van der Waals surface area contributed by atoms with Crippen LogP contribution in [-0.4, -0.2) is 50.6 Å². The Bertz CT molecular complexity index is 510. The summed E-state index contributed by atoms with van der Waals surface area (Å²) in [5.41, 5.74) is -8.18. The Kier molecular flexibility index (Phi) is 5.37. The van der Waals surface area contributed by atoms with Crippen molar-refractivity contribution in [3.63, 3.8) is 0 Å². The van der Waals surface area contributed by atoms with Gasteiger partial charge in [0.05, 0.1) is 0 Å². The third-order valence-corrected chi connectivity index (χ3v) is 6.25. The van der Waals surface area contributed by atoms with E-state index in [1.54, 1.807) is 22.6 Å². The zero-order chi connectivity index (χ0) is 19.3. The first-order chi connectivity index (χ1) is 11.2. The Labute approximate surface area is 153 Å². The van der Waals surface area contributed by atoms with Gasteiger partial charge in [0.1, 0.15) is 3.42 Å². The second kappa shape index (κ2) is 6.39. The summed E-state index contributed by atoms with van der Waals surface area (Å²) in [5.74, 6) is -1.20. The van der Waals surface area contributed by atoms with E-state index in [1.807, 2.05) is 0 Å². The zero-order valence-corrected chi connectivity index (χ0v) is 15.4. The van der Waals surface area contributed by atoms with Gasteiger partial charge in [0.25, 0.3) is 5.60 Å². The summed E-state index contributed by atoms with van der Waals surface area (Å²) in [7, 11) is 0. The summed E-state index contributed by atoms with van der Waals surface area (Å²) in [6.45, 7) is 1.98. The van der Waals surface area contributed by atoms with Crippen LogP contribution in [0.25, 0.3) is 0 Å². The molecule has 2 rings (SSSR count). The van der Waals surface area contributed by atoms with Crippen LogP contribution in [0.3, 0.4) is 0 Å². The van der Waals surface area contributed by atoms with E-state index in [2.05, 4.69) is 5.32 Å². The maximum absolute atomic E-state index is 13.3. The number of nitrogens with one attached hydrogen (secondary N) is 1. The molecule has 2 fully saturated rings. The number of ether oxygens (including phenoxy) is 1. The number of halogens is 7. The standard InChI is InChI=1S/C14H18F6INO3/c1-10(21,8-4-7-22-8)9(23)25-11(5-2-3-6-11)12(24,13(15,16)17)14(18,19)20/h8,22,24H,2-7H2,1H3. The summed E-state index contributed by atoms with van der Waals surface area (Å²) < 4.78 is 83.3. The predicted octanol–water partition coefficient (Wildman–Crippen LogP) is 3.25. The molecule has 2 N–H and O–H groups in total. The number of aliphatic hydroxyl groups is 1. The third-order valence-electron chi connectivity index (χ3n) is 5.06. The van der Waals surface area contributed by atoms with E-state index in [-0.39, 0.29) is 12.8 Å². The maximum Gasteiger partial charge on any atom is 0.430 e. The predicted molar refractivity (Wildman–Crippen MR) is 83.2 cm³/mol. The molecule has 146 valence electrons. The molecule has 2 aliphatic rings. The summed E-state index contributed by atoms with van der Waals surface area (Å²) in [5, 5.41) is 12.7. The number of alkyl halides is 7. The first kappa shape index (κ1) is 21.0. The highest BCUT2D eigenvalue weighted by Gasteiger charge is 2.81. The van der Waals surface area contributed by atoms with Crippen molar-refractivity contribution in [2.24, 2.45) is 0 Å². The summed E-state index contributed by atoms with van der Waals surface area (Å²) >= 11 is 1.66. The molecule has 0 aromatic heterocycles. The summed E-state index contributed by atoms with van der Waals surface area (Å²) in [4.78, 5) is 12.4. The molecular weight excluding hydrogens is 471 g/mol. The Morgan fingerprint density at radius 2 is 1.60 bits per heavy atom. The Hall–Kier alpha value is -0.300. The van der Waals surface area contributed by atoms with Crippen LogP contribution in [-0.2, 0) is 9.53 Å². The van der Waals surface area contributed by atoms with Crippen LogP contribution in [0.15, 0.2) is 0 Å². The van der Waals surface area contributed by atoms with Gasteiger partial charge >= 0.3 is 18.3 Å². The second-order valence-electron chi connectivity index (χ2n) is 6.67. The van der Waals surface area contributed by atoms with E-state index in [0.717, 1.165) is 0 Å². The fraction of sp³-hybridized carbons (Fsp3) is 0.929. The molecule has 1 aliphatic heterocycles. The topological polar surface area (TPSA) is 58.6 Å². The van der Waals surface area contributed by atoms with Crippen molar-refractivity contribution < 1.29 is 41.0 Å². The molecule has 0 radical (unpaired) electrons. The van der Waals surface area contributed by atoms with Crippen molar-refractivity contribution in [3.05, 3.63) is 0 Å². The van der Waals surface area contributed by atoms with Crippen LogP contribution in [0.5, 0.6) is 0 Å². The fourth-order valence-electron chi connectivity index (χ4n) is 3.33. The van der Waals surface area contributed by atoms with Gasteiger partial charge in [-0.05, 0) is 45.6 Å². The monoisotopic (exact) mass is 489 g/mol. The van der Waals surface area contributed by atoms with Gasteiger partial charge in [0, 0.05) is 6.04 Å². The van der Waals surface area contributed by atoms with Crippen LogP contribution < -0.4 is 5.32 Å². The van der Waals surface area contributed by atoms with Crippen molar-refractivity contribution in [1.82, 2.24) is 5.32 Å². The van der Waals surface area contributed by atoms with E-state index < -0.39 is 51.8 Å². The number of carbonyl (C=O) groups is 1. The van der Waals surface area contributed by atoms with Gasteiger partial charge in [-0.25, -0.2) is 0 Å². The third kappa shape index (κ3) is 3.24.